The second-order valence-corrected chi connectivity index (χ2v) is 6.31. The summed E-state index contributed by atoms with van der Waals surface area (Å²) in [6, 6.07) is 0. The van der Waals surface area contributed by atoms with Crippen molar-refractivity contribution in [1.29, 1.82) is 0 Å². The molecule has 2 nitrogen and oxygen atoms in total. The molecule has 0 aliphatic carbocycles. The summed E-state index contributed by atoms with van der Waals surface area (Å²) in [4.78, 5) is 10.4. The van der Waals surface area contributed by atoms with Crippen molar-refractivity contribution in [1.82, 2.24) is 0 Å². The molecule has 20 heavy (non-hydrogen) atoms. The Hall–Kier alpha value is -0.370. The van der Waals surface area contributed by atoms with Gasteiger partial charge in [-0.05, 0) is 6.42 Å². The fourth-order valence-corrected chi connectivity index (χ4v) is 2.87. The third-order valence-corrected chi connectivity index (χ3v) is 4.35. The van der Waals surface area contributed by atoms with Crippen LogP contribution in [-0.2, 0) is 9.53 Å². The molecule has 0 bridgehead atoms. The molecule has 0 aromatic heterocycles. The highest BCUT2D eigenvalue weighted by atomic mass is 16.6. The van der Waals surface area contributed by atoms with Gasteiger partial charge < -0.3 is 9.53 Å². The molecule has 0 amide bonds. The molecule has 2 unspecified atom stereocenters. The van der Waals surface area contributed by atoms with Crippen LogP contribution in [0.2, 0.25) is 0 Å². The lowest BCUT2D eigenvalue weighted by molar-refractivity contribution is -0.108. The monoisotopic (exact) mass is 282 g/mol. The van der Waals surface area contributed by atoms with Crippen molar-refractivity contribution >= 4 is 6.29 Å². The fraction of sp³-hybridized carbons (Fsp3) is 0.944. The van der Waals surface area contributed by atoms with Crippen molar-refractivity contribution in [2.75, 3.05) is 0 Å². The second-order valence-electron chi connectivity index (χ2n) is 6.31. The van der Waals surface area contributed by atoms with Crippen LogP contribution in [0.3, 0.4) is 0 Å². The van der Waals surface area contributed by atoms with Crippen LogP contribution in [-0.4, -0.2) is 18.5 Å². The van der Waals surface area contributed by atoms with E-state index >= 15 is 0 Å². The minimum Gasteiger partial charge on any atom is -0.362 e. The van der Waals surface area contributed by atoms with Crippen LogP contribution < -0.4 is 0 Å². The van der Waals surface area contributed by atoms with Gasteiger partial charge in [-0.1, -0.05) is 90.4 Å². The number of carbonyl (C=O) groups excluding carboxylic acids is 1. The van der Waals surface area contributed by atoms with Crippen LogP contribution in [0.25, 0.3) is 0 Å². The molecule has 0 radical (unpaired) electrons. The Morgan fingerprint density at radius 2 is 1.20 bits per heavy atom. The highest BCUT2D eigenvalue weighted by Gasteiger charge is 2.37. The maximum absolute atomic E-state index is 10.4. The van der Waals surface area contributed by atoms with Crippen LogP contribution in [0.15, 0.2) is 0 Å². The summed E-state index contributed by atoms with van der Waals surface area (Å²) < 4.78 is 5.21. The summed E-state index contributed by atoms with van der Waals surface area (Å²) in [7, 11) is 0. The van der Waals surface area contributed by atoms with E-state index < -0.39 is 0 Å². The summed E-state index contributed by atoms with van der Waals surface area (Å²) in [5.41, 5.74) is 0. The Kier molecular flexibility index (Phi) is 10.9. The highest BCUT2D eigenvalue weighted by molar-refractivity contribution is 5.60. The van der Waals surface area contributed by atoms with Crippen molar-refractivity contribution < 1.29 is 9.53 Å². The quantitative estimate of drug-likeness (QED) is 0.227. The van der Waals surface area contributed by atoms with Gasteiger partial charge in [0.1, 0.15) is 6.10 Å². The molecule has 2 heteroatoms. The molecule has 0 aromatic carbocycles. The third-order valence-electron chi connectivity index (χ3n) is 4.35. The average molecular weight is 282 g/mol. The van der Waals surface area contributed by atoms with Crippen LogP contribution in [0, 0.1) is 0 Å². The Balaban J connectivity index is 1.65. The molecule has 1 saturated heterocycles. The lowest BCUT2D eigenvalue weighted by Gasteiger charge is -2.02. The van der Waals surface area contributed by atoms with Gasteiger partial charge in [-0.2, -0.15) is 0 Å². The summed E-state index contributed by atoms with van der Waals surface area (Å²) >= 11 is 0. The Morgan fingerprint density at radius 3 is 1.60 bits per heavy atom. The number of carbonyl (C=O) groups is 1. The van der Waals surface area contributed by atoms with Crippen LogP contribution in [0.1, 0.15) is 96.8 Å². The Bertz CT molecular complexity index is 227. The molecule has 0 saturated carbocycles. The molecule has 2 atom stereocenters. The van der Waals surface area contributed by atoms with E-state index in [2.05, 4.69) is 6.92 Å². The number of aldehydes is 1. The number of ether oxygens (including phenoxy) is 1. The first kappa shape index (κ1) is 17.7. The van der Waals surface area contributed by atoms with Crippen molar-refractivity contribution in [2.24, 2.45) is 0 Å². The molecule has 0 aromatic rings. The van der Waals surface area contributed by atoms with E-state index in [0.717, 1.165) is 12.7 Å². The minimum absolute atomic E-state index is 0.0627. The van der Waals surface area contributed by atoms with Crippen LogP contribution >= 0.6 is 0 Å². The van der Waals surface area contributed by atoms with Crippen molar-refractivity contribution in [3.63, 3.8) is 0 Å². The number of unbranched alkanes of at least 4 members (excludes halogenated alkanes) is 12. The topological polar surface area (TPSA) is 29.6 Å². The lowest BCUT2D eigenvalue weighted by Crippen LogP contribution is -1.94. The van der Waals surface area contributed by atoms with Crippen molar-refractivity contribution in [2.45, 2.75) is 109 Å². The molecule has 1 rings (SSSR count). The van der Waals surface area contributed by atoms with E-state index in [4.69, 9.17) is 4.74 Å². The van der Waals surface area contributed by atoms with Gasteiger partial charge in [-0.3, -0.25) is 0 Å². The number of epoxide rings is 1. The zero-order valence-electron chi connectivity index (χ0n) is 13.4. The van der Waals surface area contributed by atoms with Gasteiger partial charge in [0.05, 0.1) is 6.10 Å². The predicted molar refractivity (Wildman–Crippen MR) is 85.0 cm³/mol. The molecular weight excluding hydrogens is 248 g/mol. The van der Waals surface area contributed by atoms with Crippen LogP contribution in [0.5, 0.6) is 0 Å². The first-order valence-corrected chi connectivity index (χ1v) is 8.99. The van der Waals surface area contributed by atoms with E-state index in [-0.39, 0.29) is 12.2 Å². The van der Waals surface area contributed by atoms with Gasteiger partial charge in [-0.25, -0.2) is 0 Å². The molecule has 1 fully saturated rings. The zero-order valence-corrected chi connectivity index (χ0v) is 13.4. The van der Waals surface area contributed by atoms with Gasteiger partial charge in [0.15, 0.2) is 6.29 Å². The molecule has 1 aliphatic rings. The number of rotatable bonds is 15. The van der Waals surface area contributed by atoms with Gasteiger partial charge >= 0.3 is 0 Å². The van der Waals surface area contributed by atoms with Crippen LogP contribution in [0.4, 0.5) is 0 Å². The molecule has 1 heterocycles. The summed E-state index contributed by atoms with van der Waals surface area (Å²) in [5, 5.41) is 0. The normalized spacial score (nSPS) is 21.1. The first-order valence-electron chi connectivity index (χ1n) is 8.99. The Morgan fingerprint density at radius 1 is 0.750 bits per heavy atom. The second kappa shape index (κ2) is 12.4. The van der Waals surface area contributed by atoms with E-state index in [1.807, 2.05) is 0 Å². The lowest BCUT2D eigenvalue weighted by atomic mass is 10.0. The van der Waals surface area contributed by atoms with Gasteiger partial charge in [0.25, 0.3) is 0 Å². The van der Waals surface area contributed by atoms with E-state index in [1.54, 1.807) is 0 Å². The standard InChI is InChI=1S/C18H34O2/c1-2-3-4-5-6-7-8-9-10-11-12-13-14-15-17-18(16-19)20-17/h16-18H,2-15H2,1H3. The van der Waals surface area contributed by atoms with Gasteiger partial charge in [0.2, 0.25) is 0 Å². The zero-order chi connectivity index (χ0) is 14.5. The predicted octanol–water partition coefficient (Wildman–Crippen LogP) is 5.43. The number of hydrogen-bond donors (Lipinski definition) is 0. The highest BCUT2D eigenvalue weighted by Crippen LogP contribution is 2.25. The maximum atomic E-state index is 10.4. The minimum atomic E-state index is -0.0627. The maximum Gasteiger partial charge on any atom is 0.151 e. The molecule has 0 N–H and O–H groups in total. The SMILES string of the molecule is CCCCCCCCCCCCCCCC1OC1C=O. The molecule has 0 spiro atoms. The summed E-state index contributed by atoms with van der Waals surface area (Å²) in [6.45, 7) is 2.28. The third kappa shape index (κ3) is 9.52. The number of hydrogen-bond acceptors (Lipinski definition) is 2. The molecule has 118 valence electrons. The summed E-state index contributed by atoms with van der Waals surface area (Å²) in [6.07, 6.45) is 20.3. The van der Waals surface area contributed by atoms with E-state index in [1.165, 1.54) is 83.5 Å². The smallest absolute Gasteiger partial charge is 0.151 e. The molecular formula is C18H34O2. The fourth-order valence-electron chi connectivity index (χ4n) is 2.87. The summed E-state index contributed by atoms with van der Waals surface area (Å²) in [5.74, 6) is 0. The van der Waals surface area contributed by atoms with Crippen molar-refractivity contribution in [3.05, 3.63) is 0 Å². The van der Waals surface area contributed by atoms with Gasteiger partial charge in [-0.15, -0.1) is 0 Å². The van der Waals surface area contributed by atoms with Crippen molar-refractivity contribution in [3.8, 4) is 0 Å². The van der Waals surface area contributed by atoms with E-state index in [9.17, 15) is 4.79 Å². The first-order chi connectivity index (χ1) is 9.88. The average Bonchev–Trinajstić information content (AvgIpc) is 3.22. The molecule has 1 aliphatic heterocycles. The van der Waals surface area contributed by atoms with Gasteiger partial charge in [0, 0.05) is 0 Å². The Labute approximate surface area is 125 Å². The largest absolute Gasteiger partial charge is 0.362 e. The van der Waals surface area contributed by atoms with E-state index in [0.29, 0.717) is 0 Å².